The molecule has 2 N–H and O–H groups in total. The molecule has 3 rings (SSSR count). The molecule has 0 amide bonds. The predicted molar refractivity (Wildman–Crippen MR) is 93.9 cm³/mol. The highest BCUT2D eigenvalue weighted by Gasteiger charge is 2.21. The second kappa shape index (κ2) is 5.90. The van der Waals surface area contributed by atoms with Crippen LogP contribution in [0.2, 0.25) is 0 Å². The molecule has 2 heterocycles. The Morgan fingerprint density at radius 3 is 2.57 bits per heavy atom. The maximum Gasteiger partial charge on any atom is 0.168 e. The van der Waals surface area contributed by atoms with E-state index in [4.69, 9.17) is 0 Å². The van der Waals surface area contributed by atoms with E-state index in [-0.39, 0.29) is 6.61 Å². The number of aromatic nitrogens is 4. The number of hydrogen-bond donors (Lipinski definition) is 2. The molecule has 0 fully saturated rings. The fourth-order valence-electron chi connectivity index (χ4n) is 2.33. The van der Waals surface area contributed by atoms with Gasteiger partial charge in [0.25, 0.3) is 0 Å². The Morgan fingerprint density at radius 1 is 1.22 bits per heavy atom. The summed E-state index contributed by atoms with van der Waals surface area (Å²) in [6, 6.07) is 7.88. The standard InChI is InChI=1S/C16H18BrN5O/c1-10-13-14(20-16(2,3)8-23)18-9-19-15(13)22(21-10)12-6-4-11(17)5-7-12/h4-7,9,23H,8H2,1-3H3,(H,18,19,20). The first-order valence-corrected chi connectivity index (χ1v) is 8.06. The highest BCUT2D eigenvalue weighted by Crippen LogP contribution is 2.27. The van der Waals surface area contributed by atoms with Gasteiger partial charge in [-0.05, 0) is 45.0 Å². The molecule has 120 valence electrons. The van der Waals surface area contributed by atoms with Gasteiger partial charge < -0.3 is 10.4 Å². The van der Waals surface area contributed by atoms with E-state index in [2.05, 4.69) is 36.3 Å². The number of fused-ring (bicyclic) bond motifs is 1. The number of benzene rings is 1. The molecule has 1 aromatic carbocycles. The van der Waals surface area contributed by atoms with Gasteiger partial charge in [-0.2, -0.15) is 5.10 Å². The SMILES string of the molecule is Cc1nn(-c2ccc(Br)cc2)c2ncnc(NC(C)(C)CO)c12. The van der Waals surface area contributed by atoms with Crippen LogP contribution in [0.4, 0.5) is 5.82 Å². The van der Waals surface area contributed by atoms with Gasteiger partial charge in [0, 0.05) is 4.47 Å². The molecule has 6 nitrogen and oxygen atoms in total. The van der Waals surface area contributed by atoms with Gasteiger partial charge in [-0.25, -0.2) is 14.6 Å². The van der Waals surface area contributed by atoms with Crippen LogP contribution >= 0.6 is 15.9 Å². The van der Waals surface area contributed by atoms with E-state index in [0.717, 1.165) is 26.9 Å². The number of anilines is 1. The molecule has 0 saturated heterocycles. The van der Waals surface area contributed by atoms with Crippen molar-refractivity contribution in [1.82, 2.24) is 19.7 Å². The summed E-state index contributed by atoms with van der Waals surface area (Å²) < 4.78 is 2.81. The van der Waals surface area contributed by atoms with Crippen LogP contribution < -0.4 is 5.32 Å². The van der Waals surface area contributed by atoms with Crippen LogP contribution in [0, 0.1) is 6.92 Å². The Labute approximate surface area is 142 Å². The van der Waals surface area contributed by atoms with Crippen LogP contribution in [-0.2, 0) is 0 Å². The summed E-state index contributed by atoms with van der Waals surface area (Å²) in [6.07, 6.45) is 1.51. The van der Waals surface area contributed by atoms with Crippen molar-refractivity contribution in [3.8, 4) is 5.69 Å². The summed E-state index contributed by atoms with van der Waals surface area (Å²) in [7, 11) is 0. The number of halogens is 1. The Bertz CT molecular complexity index is 842. The van der Waals surface area contributed by atoms with E-state index in [9.17, 15) is 5.11 Å². The van der Waals surface area contributed by atoms with Crippen molar-refractivity contribution in [1.29, 1.82) is 0 Å². The Balaban J connectivity index is 2.15. The zero-order valence-electron chi connectivity index (χ0n) is 13.2. The fraction of sp³-hybridized carbons (Fsp3) is 0.312. The van der Waals surface area contributed by atoms with Gasteiger partial charge in [0.15, 0.2) is 5.65 Å². The summed E-state index contributed by atoms with van der Waals surface area (Å²) in [5, 5.41) is 18.2. The summed E-state index contributed by atoms with van der Waals surface area (Å²) >= 11 is 3.44. The number of nitrogens with zero attached hydrogens (tertiary/aromatic N) is 4. The van der Waals surface area contributed by atoms with Gasteiger partial charge in [0.2, 0.25) is 0 Å². The minimum atomic E-state index is -0.479. The molecule has 0 unspecified atom stereocenters. The Morgan fingerprint density at radius 2 is 1.91 bits per heavy atom. The first kappa shape index (κ1) is 15.9. The molecular weight excluding hydrogens is 358 g/mol. The molecular formula is C16H18BrN5O. The summed E-state index contributed by atoms with van der Waals surface area (Å²) in [4.78, 5) is 8.72. The van der Waals surface area contributed by atoms with Gasteiger partial charge in [-0.1, -0.05) is 15.9 Å². The minimum absolute atomic E-state index is 0.00159. The van der Waals surface area contributed by atoms with E-state index >= 15 is 0 Å². The minimum Gasteiger partial charge on any atom is -0.394 e. The number of aliphatic hydroxyl groups excluding tert-OH is 1. The van der Waals surface area contributed by atoms with Crippen LogP contribution in [-0.4, -0.2) is 37.0 Å². The lowest BCUT2D eigenvalue weighted by atomic mass is 10.1. The lowest BCUT2D eigenvalue weighted by Crippen LogP contribution is -2.35. The normalized spacial score (nSPS) is 11.9. The number of rotatable bonds is 4. The second-order valence-electron chi connectivity index (χ2n) is 6.06. The second-order valence-corrected chi connectivity index (χ2v) is 6.98. The van der Waals surface area contributed by atoms with Crippen molar-refractivity contribution in [2.45, 2.75) is 26.3 Å². The maximum atomic E-state index is 9.47. The van der Waals surface area contributed by atoms with Crippen LogP contribution in [0.15, 0.2) is 35.1 Å². The van der Waals surface area contributed by atoms with Crippen molar-refractivity contribution < 1.29 is 5.11 Å². The molecule has 23 heavy (non-hydrogen) atoms. The first-order valence-electron chi connectivity index (χ1n) is 7.26. The largest absolute Gasteiger partial charge is 0.394 e. The summed E-state index contributed by atoms with van der Waals surface area (Å²) in [5.74, 6) is 0.676. The highest BCUT2D eigenvalue weighted by atomic mass is 79.9. The number of nitrogens with one attached hydrogen (secondary N) is 1. The molecule has 0 spiro atoms. The Hall–Kier alpha value is -1.99. The molecule has 0 aliphatic rings. The van der Waals surface area contributed by atoms with E-state index in [1.165, 1.54) is 6.33 Å². The van der Waals surface area contributed by atoms with Gasteiger partial charge in [0.1, 0.15) is 12.1 Å². The lowest BCUT2D eigenvalue weighted by Gasteiger charge is -2.24. The molecule has 0 radical (unpaired) electrons. The molecule has 0 saturated carbocycles. The van der Waals surface area contributed by atoms with Crippen molar-refractivity contribution in [3.63, 3.8) is 0 Å². The third-order valence-electron chi connectivity index (χ3n) is 3.56. The van der Waals surface area contributed by atoms with Crippen molar-refractivity contribution in [2.24, 2.45) is 0 Å². The molecule has 7 heteroatoms. The van der Waals surface area contributed by atoms with Gasteiger partial charge >= 0.3 is 0 Å². The first-order chi connectivity index (χ1) is 10.9. The number of hydrogen-bond acceptors (Lipinski definition) is 5. The lowest BCUT2D eigenvalue weighted by molar-refractivity contribution is 0.234. The summed E-state index contributed by atoms with van der Waals surface area (Å²) in [6.45, 7) is 5.75. The average Bonchev–Trinajstić information content (AvgIpc) is 2.86. The highest BCUT2D eigenvalue weighted by molar-refractivity contribution is 9.10. The van der Waals surface area contributed by atoms with Gasteiger partial charge in [-0.3, -0.25) is 0 Å². The molecule has 0 bridgehead atoms. The molecule has 0 aliphatic heterocycles. The van der Waals surface area contributed by atoms with Crippen molar-refractivity contribution in [3.05, 3.63) is 40.8 Å². The third-order valence-corrected chi connectivity index (χ3v) is 4.09. The van der Waals surface area contributed by atoms with E-state index in [1.807, 2.05) is 45.0 Å². The van der Waals surface area contributed by atoms with Crippen LogP contribution in [0.25, 0.3) is 16.7 Å². The van der Waals surface area contributed by atoms with Crippen LogP contribution in [0.1, 0.15) is 19.5 Å². The van der Waals surface area contributed by atoms with Crippen LogP contribution in [0.5, 0.6) is 0 Å². The van der Waals surface area contributed by atoms with Crippen molar-refractivity contribution >= 4 is 32.8 Å². The molecule has 2 aromatic heterocycles. The quantitative estimate of drug-likeness (QED) is 0.732. The summed E-state index contributed by atoms with van der Waals surface area (Å²) in [5.41, 5.74) is 2.01. The van der Waals surface area contributed by atoms with E-state index in [1.54, 1.807) is 4.68 Å². The predicted octanol–water partition coefficient (Wildman–Crippen LogP) is 3.07. The zero-order valence-corrected chi connectivity index (χ0v) is 14.8. The fourth-order valence-corrected chi connectivity index (χ4v) is 2.60. The third kappa shape index (κ3) is 3.07. The monoisotopic (exact) mass is 375 g/mol. The maximum absolute atomic E-state index is 9.47. The average molecular weight is 376 g/mol. The van der Waals surface area contributed by atoms with Gasteiger partial charge in [-0.15, -0.1) is 0 Å². The van der Waals surface area contributed by atoms with E-state index < -0.39 is 5.54 Å². The number of aliphatic hydroxyl groups is 1. The molecule has 3 aromatic rings. The smallest absolute Gasteiger partial charge is 0.168 e. The Kier molecular flexibility index (Phi) is 4.08. The van der Waals surface area contributed by atoms with Crippen LogP contribution in [0.3, 0.4) is 0 Å². The van der Waals surface area contributed by atoms with E-state index in [0.29, 0.717) is 5.82 Å². The molecule has 0 atom stereocenters. The number of aryl methyl sites for hydroxylation is 1. The van der Waals surface area contributed by atoms with Crippen molar-refractivity contribution in [2.75, 3.05) is 11.9 Å². The topological polar surface area (TPSA) is 75.9 Å². The van der Waals surface area contributed by atoms with Gasteiger partial charge in [0.05, 0.1) is 28.9 Å². The molecule has 0 aliphatic carbocycles. The zero-order chi connectivity index (χ0) is 16.6.